The van der Waals surface area contributed by atoms with Crippen molar-refractivity contribution in [2.75, 3.05) is 0 Å². The van der Waals surface area contributed by atoms with E-state index in [9.17, 15) is 0 Å². The van der Waals surface area contributed by atoms with Crippen molar-refractivity contribution in [3.8, 4) is 136 Å². The summed E-state index contributed by atoms with van der Waals surface area (Å²) in [6.45, 7) is 0. The molecule has 4 aliphatic heterocycles. The summed E-state index contributed by atoms with van der Waals surface area (Å²) >= 11 is 1.83. The summed E-state index contributed by atoms with van der Waals surface area (Å²) < 4.78 is 11.9. The molecular weight excluding hydrogens is 1550 g/mol. The molecule has 10 heteroatoms. The monoisotopic (exact) mass is 1620 g/mol. The summed E-state index contributed by atoms with van der Waals surface area (Å²) in [4.78, 5) is 33.6. The van der Waals surface area contributed by atoms with E-state index < -0.39 is 10.8 Å². The van der Waals surface area contributed by atoms with Gasteiger partial charge in [0.25, 0.3) is 0 Å². The number of hydrogen-bond donors (Lipinski definition) is 0. The fraction of sp³-hybridized carbons (Fsp3) is 0.0172. The molecule has 22 aromatic rings. The molecule has 588 valence electrons. The Morgan fingerprint density at radius 1 is 0.190 bits per heavy atom. The van der Waals surface area contributed by atoms with Gasteiger partial charge in [0.05, 0.1) is 44.3 Å². The van der Waals surface area contributed by atoms with E-state index in [0.717, 1.165) is 95.1 Å². The van der Waals surface area contributed by atoms with Crippen LogP contribution in [-0.4, -0.2) is 39.0 Å². The molecule has 0 fully saturated rings. The molecule has 2 unspecified atom stereocenters. The first-order chi connectivity index (χ1) is 62.4. The quantitative estimate of drug-likeness (QED) is 0.134. The van der Waals surface area contributed by atoms with E-state index in [4.69, 9.17) is 34.6 Å². The molecule has 8 heterocycles. The van der Waals surface area contributed by atoms with Crippen LogP contribution in [0.15, 0.2) is 447 Å². The Hall–Kier alpha value is -16.3. The number of nitrogens with zero attached hydrogens (tertiary/aromatic N) is 8. The van der Waals surface area contributed by atoms with Crippen LogP contribution in [0, 0.1) is 0 Å². The van der Waals surface area contributed by atoms with Crippen LogP contribution in [0.5, 0.6) is 11.5 Å². The summed E-state index contributed by atoms with van der Waals surface area (Å²) in [6, 6.07) is 156. The molecule has 126 heavy (non-hydrogen) atoms. The Labute approximate surface area is 731 Å². The fourth-order valence-corrected chi connectivity index (χ4v) is 21.5. The lowest BCUT2D eigenvalue weighted by molar-refractivity contribution is 0.434. The number of fused-ring (bicyclic) bond motifs is 22. The van der Waals surface area contributed by atoms with Crippen LogP contribution in [-0.2, 0) is 10.8 Å². The van der Waals surface area contributed by atoms with Gasteiger partial charge in [-0.25, -0.2) is 29.9 Å². The van der Waals surface area contributed by atoms with Gasteiger partial charge in [0.1, 0.15) is 11.5 Å². The molecule has 0 bridgehead atoms. The molecule has 4 aliphatic rings. The van der Waals surface area contributed by atoms with E-state index >= 15 is 0 Å². The van der Waals surface area contributed by atoms with Gasteiger partial charge < -0.3 is 13.9 Å². The fourth-order valence-electron chi connectivity index (χ4n) is 20.2. The second kappa shape index (κ2) is 29.2. The summed E-state index contributed by atoms with van der Waals surface area (Å²) in [6.07, 6.45) is 0. The highest BCUT2D eigenvalue weighted by Gasteiger charge is 2.52. The highest BCUT2D eigenvalue weighted by atomic mass is 32.2. The Kier molecular flexibility index (Phi) is 16.8. The normalized spacial score (nSPS) is 14.6. The van der Waals surface area contributed by atoms with E-state index in [2.05, 4.69) is 422 Å². The van der Waals surface area contributed by atoms with E-state index in [0.29, 0.717) is 34.9 Å². The SMILES string of the molecule is c1ccc(-c2ccc(-c3nc(-c4ccc(-c5ccccc5)cc4)nc(-c4ccc5c(c4)Oc4ccccc4C54c5ccccc5-n5c6ccccc6c6cccc4c65)n3)cc2)cc1.c1ccc(-c2ccc(-c3nc(-c4ccc(-c5ccccc5)cc4)nc(-c4ccc5c(c4)Sc4ccccc4C54c5ccccc5-n5c6ccccc6c6cccc4c65)n3)cc2)cc1. The van der Waals surface area contributed by atoms with Crippen molar-refractivity contribution >= 4 is 55.4 Å². The zero-order chi connectivity index (χ0) is 83.0. The molecule has 0 N–H and O–H groups in total. The van der Waals surface area contributed by atoms with Crippen molar-refractivity contribution in [2.24, 2.45) is 0 Å². The van der Waals surface area contributed by atoms with Crippen molar-refractivity contribution in [3.63, 3.8) is 0 Å². The van der Waals surface area contributed by atoms with Gasteiger partial charge in [-0.2, -0.15) is 0 Å². The van der Waals surface area contributed by atoms with Gasteiger partial charge in [-0.1, -0.05) is 400 Å². The van der Waals surface area contributed by atoms with E-state index in [1.807, 2.05) is 36.0 Å². The predicted octanol–water partition coefficient (Wildman–Crippen LogP) is 28.6. The topological polar surface area (TPSA) is 96.4 Å². The van der Waals surface area contributed by atoms with E-state index in [1.54, 1.807) is 0 Å². The zero-order valence-corrected chi connectivity index (χ0v) is 68.8. The number of benzene rings is 18. The maximum absolute atomic E-state index is 6.99. The molecular formula is C116H72N8OS. The predicted molar refractivity (Wildman–Crippen MR) is 511 cm³/mol. The number of para-hydroxylation sites is 7. The minimum Gasteiger partial charge on any atom is -0.457 e. The van der Waals surface area contributed by atoms with E-state index in [1.165, 1.54) is 104 Å². The Balaban J connectivity index is 0.000000137. The van der Waals surface area contributed by atoms with Crippen LogP contribution in [0.2, 0.25) is 0 Å². The van der Waals surface area contributed by atoms with Crippen molar-refractivity contribution in [2.45, 2.75) is 20.6 Å². The number of aromatic nitrogens is 8. The van der Waals surface area contributed by atoms with Crippen LogP contribution < -0.4 is 4.74 Å². The average molecular weight is 1630 g/mol. The lowest BCUT2D eigenvalue weighted by Gasteiger charge is -2.45. The van der Waals surface area contributed by atoms with Crippen molar-refractivity contribution in [1.29, 1.82) is 0 Å². The van der Waals surface area contributed by atoms with Crippen LogP contribution in [0.25, 0.3) is 168 Å². The van der Waals surface area contributed by atoms with Crippen LogP contribution in [0.4, 0.5) is 0 Å². The molecule has 2 atom stereocenters. The third-order valence-electron chi connectivity index (χ3n) is 25.9. The van der Waals surface area contributed by atoms with Crippen LogP contribution in [0.1, 0.15) is 44.5 Å². The lowest BCUT2D eigenvalue weighted by atomic mass is 9.61. The maximum atomic E-state index is 6.99. The first kappa shape index (κ1) is 72.5. The summed E-state index contributed by atoms with van der Waals surface area (Å²) in [5.41, 5.74) is 30.5. The lowest BCUT2D eigenvalue weighted by Crippen LogP contribution is -2.37. The highest BCUT2D eigenvalue weighted by Crippen LogP contribution is 2.63. The minimum atomic E-state index is -0.667. The average Bonchev–Trinajstić information content (AvgIpc) is 1.36. The Bertz CT molecular complexity index is 7440. The van der Waals surface area contributed by atoms with Crippen molar-refractivity contribution in [3.05, 3.63) is 481 Å². The van der Waals surface area contributed by atoms with Gasteiger partial charge in [-0.05, 0) is 126 Å². The van der Waals surface area contributed by atoms with Crippen LogP contribution in [0.3, 0.4) is 0 Å². The van der Waals surface area contributed by atoms with Gasteiger partial charge in [-0.15, -0.1) is 0 Å². The third-order valence-corrected chi connectivity index (χ3v) is 27.0. The molecule has 2 spiro atoms. The molecule has 9 nitrogen and oxygen atoms in total. The second-order valence-electron chi connectivity index (χ2n) is 32.6. The number of hydrogen-bond acceptors (Lipinski definition) is 8. The number of ether oxygens (including phenoxy) is 1. The van der Waals surface area contributed by atoms with Gasteiger partial charge in [-0.3, -0.25) is 0 Å². The van der Waals surface area contributed by atoms with Crippen molar-refractivity contribution < 1.29 is 4.74 Å². The minimum absolute atomic E-state index is 0.563. The van der Waals surface area contributed by atoms with Gasteiger partial charge in [0.2, 0.25) is 0 Å². The largest absolute Gasteiger partial charge is 0.457 e. The Morgan fingerprint density at radius 2 is 0.476 bits per heavy atom. The molecule has 0 amide bonds. The van der Waals surface area contributed by atoms with Gasteiger partial charge >= 0.3 is 0 Å². The van der Waals surface area contributed by atoms with Gasteiger partial charge in [0.15, 0.2) is 34.9 Å². The van der Waals surface area contributed by atoms with Crippen LogP contribution >= 0.6 is 11.8 Å². The van der Waals surface area contributed by atoms with E-state index in [-0.39, 0.29) is 0 Å². The first-order valence-electron chi connectivity index (χ1n) is 42.7. The highest BCUT2D eigenvalue weighted by molar-refractivity contribution is 7.99. The van der Waals surface area contributed by atoms with Crippen molar-refractivity contribution in [1.82, 2.24) is 39.0 Å². The first-order valence-corrected chi connectivity index (χ1v) is 43.5. The number of rotatable bonds is 10. The third kappa shape index (κ3) is 11.4. The molecule has 0 saturated carbocycles. The molecule has 18 aromatic carbocycles. The molecule has 4 aromatic heterocycles. The smallest absolute Gasteiger partial charge is 0.164 e. The maximum Gasteiger partial charge on any atom is 0.164 e. The Morgan fingerprint density at radius 3 is 0.913 bits per heavy atom. The zero-order valence-electron chi connectivity index (χ0n) is 68.0. The summed E-state index contributed by atoms with van der Waals surface area (Å²) in [5.74, 6) is 5.27. The molecule has 0 saturated heterocycles. The molecule has 26 rings (SSSR count). The summed E-state index contributed by atoms with van der Waals surface area (Å²) in [5, 5.41) is 5.01. The summed E-state index contributed by atoms with van der Waals surface area (Å²) in [7, 11) is 0. The standard InChI is InChI=1S/C58H36N4O.C58H36N4S/c2*1-3-14-37(15-4-1)39-26-30-41(31-27-39)55-59-56(42-32-28-40(29-33-42)38-16-5-2-6-17-38)61-57(60-55)43-34-35-48-53(36-43)63-52-25-12-9-21-47(52)58(48)46-20-8-11-24-51(46)62-50-23-10-7-18-44(50)45-19-13-22-49(58)54(45)62/h2*1-36H. The second-order valence-corrected chi connectivity index (χ2v) is 33.7. The van der Waals surface area contributed by atoms with Gasteiger partial charge in [0, 0.05) is 75.8 Å². The molecule has 0 aliphatic carbocycles. The molecule has 0 radical (unpaired) electrons.